The monoisotopic (exact) mass is 266 g/mol. The van der Waals surface area contributed by atoms with Crippen LogP contribution in [0.5, 0.6) is 0 Å². The average Bonchev–Trinajstić information content (AvgIpc) is 2.70. The van der Waals surface area contributed by atoms with Crippen molar-refractivity contribution < 1.29 is 0 Å². The molecule has 0 aliphatic heterocycles. The first-order valence-corrected chi connectivity index (χ1v) is 7.20. The van der Waals surface area contributed by atoms with E-state index in [1.54, 1.807) is 0 Å². The maximum absolute atomic E-state index is 5.37. The van der Waals surface area contributed by atoms with Gasteiger partial charge in [-0.1, -0.05) is 26.2 Å². The molecule has 5 heteroatoms. The molecular formula is C13H22N4S. The summed E-state index contributed by atoms with van der Waals surface area (Å²) in [5.74, 6) is 0. The van der Waals surface area contributed by atoms with Crippen molar-refractivity contribution in [1.29, 1.82) is 0 Å². The first-order valence-electron chi connectivity index (χ1n) is 6.79. The van der Waals surface area contributed by atoms with Crippen molar-refractivity contribution in [3.8, 4) is 0 Å². The summed E-state index contributed by atoms with van der Waals surface area (Å²) in [5, 5.41) is 11.8. The zero-order chi connectivity index (χ0) is 13.0. The summed E-state index contributed by atoms with van der Waals surface area (Å²) in [6, 6.07) is 0.542. The molecule has 0 unspecified atom stereocenters. The van der Waals surface area contributed by atoms with Crippen molar-refractivity contribution in [3.63, 3.8) is 0 Å². The highest BCUT2D eigenvalue weighted by molar-refractivity contribution is 7.80. The van der Waals surface area contributed by atoms with Crippen LogP contribution in [0.15, 0.2) is 6.20 Å². The lowest BCUT2D eigenvalue weighted by Gasteiger charge is -2.24. The zero-order valence-electron chi connectivity index (χ0n) is 11.2. The molecule has 0 atom stereocenters. The lowest BCUT2D eigenvalue weighted by Crippen LogP contribution is -2.38. The summed E-state index contributed by atoms with van der Waals surface area (Å²) in [4.78, 5) is 0. The maximum atomic E-state index is 5.37. The van der Waals surface area contributed by atoms with Crippen LogP contribution in [0, 0.1) is 0 Å². The topological polar surface area (TPSA) is 41.9 Å². The Hall–Kier alpha value is -1.10. The molecule has 1 aliphatic carbocycles. The predicted octanol–water partition coefficient (Wildman–Crippen LogP) is 2.60. The van der Waals surface area contributed by atoms with E-state index < -0.39 is 0 Å². The number of rotatable bonds is 3. The quantitative estimate of drug-likeness (QED) is 0.825. The second-order valence-corrected chi connectivity index (χ2v) is 5.36. The first kappa shape index (κ1) is 13.3. The molecule has 1 aliphatic rings. The summed E-state index contributed by atoms with van der Waals surface area (Å²) in [5.41, 5.74) is 2.08. The van der Waals surface area contributed by atoms with Crippen LogP contribution in [0.25, 0.3) is 0 Å². The van der Waals surface area contributed by atoms with Crippen LogP contribution >= 0.6 is 12.2 Å². The van der Waals surface area contributed by atoms with E-state index in [1.165, 1.54) is 32.1 Å². The van der Waals surface area contributed by atoms with Gasteiger partial charge < -0.3 is 10.6 Å². The second kappa shape index (κ2) is 6.18. The largest absolute Gasteiger partial charge is 0.360 e. The minimum atomic E-state index is 0.542. The van der Waals surface area contributed by atoms with Gasteiger partial charge in [-0.15, -0.1) is 0 Å². The Labute approximate surface area is 114 Å². The molecule has 2 rings (SSSR count). The van der Waals surface area contributed by atoms with Crippen LogP contribution in [0.4, 0.5) is 5.69 Å². The lowest BCUT2D eigenvalue weighted by atomic mass is 9.96. The minimum absolute atomic E-state index is 0.542. The summed E-state index contributed by atoms with van der Waals surface area (Å²) >= 11 is 5.37. The average molecular weight is 266 g/mol. The Morgan fingerprint density at radius 2 is 2.17 bits per heavy atom. The number of hydrogen-bond acceptors (Lipinski definition) is 2. The molecule has 4 nitrogen and oxygen atoms in total. The van der Waals surface area contributed by atoms with Crippen LogP contribution < -0.4 is 10.6 Å². The number of thiocarbonyl (C=S) groups is 1. The normalized spacial score (nSPS) is 16.6. The standard InChI is InChI=1S/C13H22N4S/c1-3-11-12(9-17(2)16-11)15-13(18)14-10-7-5-4-6-8-10/h9-10H,3-8H2,1-2H3,(H2,14,15,18). The van der Waals surface area contributed by atoms with E-state index >= 15 is 0 Å². The molecule has 1 saturated carbocycles. The molecule has 100 valence electrons. The van der Waals surface area contributed by atoms with E-state index in [4.69, 9.17) is 12.2 Å². The molecular weight excluding hydrogens is 244 g/mol. The molecule has 0 aromatic carbocycles. The molecule has 0 spiro atoms. The fourth-order valence-electron chi connectivity index (χ4n) is 2.49. The van der Waals surface area contributed by atoms with Gasteiger partial charge in [0.15, 0.2) is 5.11 Å². The Morgan fingerprint density at radius 1 is 1.44 bits per heavy atom. The predicted molar refractivity (Wildman–Crippen MR) is 78.8 cm³/mol. The van der Waals surface area contributed by atoms with Gasteiger partial charge in [-0.2, -0.15) is 5.10 Å². The third kappa shape index (κ3) is 3.45. The van der Waals surface area contributed by atoms with Crippen LogP contribution in [0.2, 0.25) is 0 Å². The first-order chi connectivity index (χ1) is 8.69. The maximum Gasteiger partial charge on any atom is 0.171 e. The van der Waals surface area contributed by atoms with E-state index in [1.807, 2.05) is 17.9 Å². The van der Waals surface area contributed by atoms with Gasteiger partial charge in [0, 0.05) is 19.3 Å². The number of hydrogen-bond donors (Lipinski definition) is 2. The highest BCUT2D eigenvalue weighted by atomic mass is 32.1. The molecule has 0 radical (unpaired) electrons. The SMILES string of the molecule is CCc1nn(C)cc1NC(=S)NC1CCCCC1. The summed E-state index contributed by atoms with van der Waals surface area (Å²) in [6.45, 7) is 2.10. The number of anilines is 1. The fraction of sp³-hybridized carbons (Fsp3) is 0.692. The van der Waals surface area contributed by atoms with Gasteiger partial charge in [0.05, 0.1) is 11.4 Å². The Kier molecular flexibility index (Phi) is 4.58. The van der Waals surface area contributed by atoms with Gasteiger partial charge in [0.1, 0.15) is 0 Å². The number of nitrogens with one attached hydrogen (secondary N) is 2. The van der Waals surface area contributed by atoms with Crippen LogP contribution in [-0.2, 0) is 13.5 Å². The molecule has 0 saturated heterocycles. The molecule has 1 heterocycles. The van der Waals surface area contributed by atoms with Gasteiger partial charge in [-0.05, 0) is 31.5 Å². The molecule has 18 heavy (non-hydrogen) atoms. The molecule has 1 fully saturated rings. The highest BCUT2D eigenvalue weighted by Gasteiger charge is 2.15. The third-order valence-electron chi connectivity index (χ3n) is 3.43. The highest BCUT2D eigenvalue weighted by Crippen LogP contribution is 2.18. The Bertz CT molecular complexity index is 407. The smallest absolute Gasteiger partial charge is 0.171 e. The van der Waals surface area contributed by atoms with Crippen molar-refractivity contribution in [2.24, 2.45) is 7.05 Å². The molecule has 1 aromatic rings. The van der Waals surface area contributed by atoms with Gasteiger partial charge >= 0.3 is 0 Å². The summed E-state index contributed by atoms with van der Waals surface area (Å²) < 4.78 is 1.82. The molecule has 1 aromatic heterocycles. The van der Waals surface area contributed by atoms with Crippen LogP contribution in [-0.4, -0.2) is 20.9 Å². The van der Waals surface area contributed by atoms with Gasteiger partial charge in [-0.25, -0.2) is 0 Å². The van der Waals surface area contributed by atoms with Crippen molar-refractivity contribution in [2.45, 2.75) is 51.5 Å². The van der Waals surface area contributed by atoms with Gasteiger partial charge in [0.25, 0.3) is 0 Å². The molecule has 2 N–H and O–H groups in total. The molecule has 0 bridgehead atoms. The van der Waals surface area contributed by atoms with Gasteiger partial charge in [0.2, 0.25) is 0 Å². The van der Waals surface area contributed by atoms with Crippen molar-refractivity contribution in [1.82, 2.24) is 15.1 Å². The fourth-order valence-corrected chi connectivity index (χ4v) is 2.77. The summed E-state index contributed by atoms with van der Waals surface area (Å²) in [7, 11) is 1.93. The van der Waals surface area contributed by atoms with E-state index in [2.05, 4.69) is 22.7 Å². The van der Waals surface area contributed by atoms with E-state index in [0.29, 0.717) is 6.04 Å². The van der Waals surface area contributed by atoms with Crippen molar-refractivity contribution >= 4 is 23.0 Å². The Balaban J connectivity index is 1.89. The third-order valence-corrected chi connectivity index (χ3v) is 3.65. The van der Waals surface area contributed by atoms with Crippen LogP contribution in [0.1, 0.15) is 44.7 Å². The Morgan fingerprint density at radius 3 is 2.83 bits per heavy atom. The van der Waals surface area contributed by atoms with Crippen LogP contribution in [0.3, 0.4) is 0 Å². The van der Waals surface area contributed by atoms with E-state index in [9.17, 15) is 0 Å². The molecule has 0 amide bonds. The van der Waals surface area contributed by atoms with Crippen molar-refractivity contribution in [2.75, 3.05) is 5.32 Å². The summed E-state index contributed by atoms with van der Waals surface area (Å²) in [6.07, 6.45) is 9.34. The van der Waals surface area contributed by atoms with Gasteiger partial charge in [-0.3, -0.25) is 4.68 Å². The van der Waals surface area contributed by atoms with E-state index in [0.717, 1.165) is 22.9 Å². The zero-order valence-corrected chi connectivity index (χ0v) is 12.0. The second-order valence-electron chi connectivity index (χ2n) is 4.95. The van der Waals surface area contributed by atoms with E-state index in [-0.39, 0.29) is 0 Å². The number of nitrogens with zero attached hydrogens (tertiary/aromatic N) is 2. The lowest BCUT2D eigenvalue weighted by molar-refractivity contribution is 0.415. The number of aromatic nitrogens is 2. The minimum Gasteiger partial charge on any atom is -0.360 e. The number of aryl methyl sites for hydroxylation is 2. The van der Waals surface area contributed by atoms with Crippen molar-refractivity contribution in [3.05, 3.63) is 11.9 Å².